The lowest BCUT2D eigenvalue weighted by Gasteiger charge is -2.47. The van der Waals surface area contributed by atoms with E-state index in [1.165, 1.54) is 6.07 Å². The van der Waals surface area contributed by atoms with Crippen molar-refractivity contribution in [1.29, 1.82) is 0 Å². The van der Waals surface area contributed by atoms with Gasteiger partial charge in [0.2, 0.25) is 0 Å². The number of alkyl halides is 3. The van der Waals surface area contributed by atoms with Crippen LogP contribution >= 0.6 is 11.8 Å². The largest absolute Gasteiger partial charge is 0.508 e. The number of amides is 1. The number of likely N-dealkylation sites (tertiary alicyclic amines) is 1. The molecule has 4 rings (SSSR count). The number of pyridine rings is 1. The van der Waals surface area contributed by atoms with Gasteiger partial charge in [-0.1, -0.05) is 12.1 Å². The van der Waals surface area contributed by atoms with E-state index in [1.807, 2.05) is 35.0 Å². The third-order valence-electron chi connectivity index (χ3n) is 4.96. The van der Waals surface area contributed by atoms with Gasteiger partial charge in [0.25, 0.3) is 5.91 Å². The van der Waals surface area contributed by atoms with Crippen molar-refractivity contribution in [2.24, 2.45) is 0 Å². The maximum absolute atomic E-state index is 12.5. The van der Waals surface area contributed by atoms with E-state index in [4.69, 9.17) is 14.6 Å². The van der Waals surface area contributed by atoms with Crippen molar-refractivity contribution in [3.8, 4) is 5.75 Å². The fourth-order valence-corrected chi connectivity index (χ4v) is 4.99. The van der Waals surface area contributed by atoms with E-state index in [9.17, 15) is 23.1 Å². The second kappa shape index (κ2) is 9.78. The molecule has 7 nitrogen and oxygen atoms in total. The molecule has 11 heteroatoms. The molecule has 32 heavy (non-hydrogen) atoms. The van der Waals surface area contributed by atoms with Crippen molar-refractivity contribution in [2.45, 2.75) is 30.1 Å². The fourth-order valence-electron chi connectivity index (χ4n) is 3.44. The zero-order chi connectivity index (χ0) is 23.4. The van der Waals surface area contributed by atoms with Gasteiger partial charge in [0.05, 0.1) is 17.5 Å². The molecule has 2 saturated heterocycles. The van der Waals surface area contributed by atoms with Gasteiger partial charge in [-0.25, -0.2) is 4.79 Å². The van der Waals surface area contributed by atoms with Crippen LogP contribution in [-0.4, -0.2) is 67.8 Å². The number of hydrogen-bond donors (Lipinski definition) is 2. The maximum Gasteiger partial charge on any atom is 0.490 e. The monoisotopic (exact) mass is 470 g/mol. The Kier molecular flexibility index (Phi) is 7.29. The van der Waals surface area contributed by atoms with Crippen LogP contribution in [-0.2, 0) is 16.1 Å². The average molecular weight is 470 g/mol. The van der Waals surface area contributed by atoms with Crippen molar-refractivity contribution in [1.82, 2.24) is 9.88 Å². The molecule has 3 heterocycles. The molecule has 0 aliphatic carbocycles. The molecule has 1 aromatic carbocycles. The summed E-state index contributed by atoms with van der Waals surface area (Å²) in [6.07, 6.45) is -0.294. The summed E-state index contributed by atoms with van der Waals surface area (Å²) < 4.78 is 37.9. The van der Waals surface area contributed by atoms with E-state index in [0.29, 0.717) is 12.2 Å². The number of hydrogen-bond acceptors (Lipinski definition) is 6. The number of ether oxygens (including phenoxy) is 1. The molecule has 1 aromatic heterocycles. The van der Waals surface area contributed by atoms with E-state index < -0.39 is 12.1 Å². The number of carbonyl (C=O) groups excluding carboxylic acids is 1. The predicted octanol–water partition coefficient (Wildman–Crippen LogP) is 3.34. The minimum Gasteiger partial charge on any atom is -0.508 e. The predicted molar refractivity (Wildman–Crippen MR) is 110 cm³/mol. The first-order valence-electron chi connectivity index (χ1n) is 9.61. The number of carboxylic acids is 1. The normalized spacial score (nSPS) is 19.1. The Morgan fingerprint density at radius 3 is 2.56 bits per heavy atom. The summed E-state index contributed by atoms with van der Waals surface area (Å²) in [5.74, 6) is -1.68. The lowest BCUT2D eigenvalue weighted by molar-refractivity contribution is -0.192. The van der Waals surface area contributed by atoms with Crippen molar-refractivity contribution in [3.05, 3.63) is 59.9 Å². The second-order valence-corrected chi connectivity index (χ2v) is 8.99. The number of aromatic hydroxyl groups is 1. The Labute approximate surface area is 186 Å². The molecule has 2 N–H and O–H groups in total. The number of phenolic OH excluding ortho intramolecular Hbond substituents is 1. The van der Waals surface area contributed by atoms with Crippen molar-refractivity contribution < 1.29 is 37.7 Å². The van der Waals surface area contributed by atoms with Crippen molar-refractivity contribution >= 4 is 23.6 Å². The summed E-state index contributed by atoms with van der Waals surface area (Å²) in [7, 11) is 0. The van der Waals surface area contributed by atoms with Crippen LogP contribution in [0.25, 0.3) is 0 Å². The van der Waals surface area contributed by atoms with Gasteiger partial charge in [-0.05, 0) is 36.2 Å². The lowest BCUT2D eigenvalue weighted by atomic mass is 9.92. The van der Waals surface area contributed by atoms with Crippen LogP contribution in [0.5, 0.6) is 5.75 Å². The second-order valence-electron chi connectivity index (χ2n) is 7.51. The third-order valence-corrected chi connectivity index (χ3v) is 6.54. The molecule has 0 radical (unpaired) electrons. The average Bonchev–Trinajstić information content (AvgIpc) is 3.16. The highest BCUT2D eigenvalue weighted by Crippen LogP contribution is 2.46. The standard InChI is InChI=1S/C19H20N2O3S.C2HF3O2/c22-16-5-1-4-15(7-16)18(23)21-12-19(13-21)8-17(11-25-19)24-10-14-3-2-6-20-9-14;3-2(4,5)1(6)7/h1-7,9,17,22H,8,10-13H2;(H,6,7). The van der Waals surface area contributed by atoms with Gasteiger partial charge in [0.15, 0.2) is 0 Å². The zero-order valence-corrected chi connectivity index (χ0v) is 17.6. The number of rotatable bonds is 4. The summed E-state index contributed by atoms with van der Waals surface area (Å²) in [5.41, 5.74) is 1.63. The third kappa shape index (κ3) is 6.13. The molecule has 0 bridgehead atoms. The van der Waals surface area contributed by atoms with E-state index >= 15 is 0 Å². The molecule has 1 spiro atoms. The van der Waals surface area contributed by atoms with E-state index in [0.717, 1.165) is 30.8 Å². The SMILES string of the molecule is O=C(O)C(F)(F)F.O=C(c1cccc(O)c1)N1CC2(CC(OCc3cccnc3)CS2)C1. The first-order chi connectivity index (χ1) is 15.1. The van der Waals surface area contributed by atoms with Gasteiger partial charge in [-0.3, -0.25) is 9.78 Å². The highest BCUT2D eigenvalue weighted by Gasteiger charge is 2.51. The highest BCUT2D eigenvalue weighted by atomic mass is 32.2. The molecule has 2 aliphatic heterocycles. The molecule has 1 amide bonds. The minimum absolute atomic E-state index is 0.0122. The molecular formula is C21H21F3N2O5S. The van der Waals surface area contributed by atoms with Crippen LogP contribution in [0.1, 0.15) is 22.3 Å². The minimum atomic E-state index is -5.08. The van der Waals surface area contributed by atoms with Crippen LogP contribution in [0.2, 0.25) is 0 Å². The topological polar surface area (TPSA) is 100.0 Å². The zero-order valence-electron chi connectivity index (χ0n) is 16.8. The Hall–Kier alpha value is -2.79. The van der Waals surface area contributed by atoms with Crippen LogP contribution in [0, 0.1) is 0 Å². The van der Waals surface area contributed by atoms with Gasteiger partial charge in [0.1, 0.15) is 5.75 Å². The van der Waals surface area contributed by atoms with Gasteiger partial charge >= 0.3 is 12.1 Å². The quantitative estimate of drug-likeness (QED) is 0.707. The number of halogens is 3. The van der Waals surface area contributed by atoms with Crippen molar-refractivity contribution in [2.75, 3.05) is 18.8 Å². The summed E-state index contributed by atoms with van der Waals surface area (Å²) in [6, 6.07) is 10.5. The summed E-state index contributed by atoms with van der Waals surface area (Å²) in [6.45, 7) is 2.08. The first kappa shape index (κ1) is 23.9. The van der Waals surface area contributed by atoms with E-state index in [-0.39, 0.29) is 22.5 Å². The number of carbonyl (C=O) groups is 2. The number of thioether (sulfide) groups is 1. The molecule has 1 atom stereocenters. The molecule has 2 aliphatic rings. The van der Waals surface area contributed by atoms with Crippen LogP contribution in [0.15, 0.2) is 48.8 Å². The number of phenols is 1. The number of aromatic nitrogens is 1. The molecule has 2 aromatic rings. The highest BCUT2D eigenvalue weighted by molar-refractivity contribution is 8.01. The van der Waals surface area contributed by atoms with Gasteiger partial charge in [-0.2, -0.15) is 13.2 Å². The number of nitrogens with zero attached hydrogens (tertiary/aromatic N) is 2. The lowest BCUT2D eigenvalue weighted by Crippen LogP contribution is -2.60. The molecule has 172 valence electrons. The number of aliphatic carboxylic acids is 1. The van der Waals surface area contributed by atoms with E-state index in [2.05, 4.69) is 4.98 Å². The molecule has 0 saturated carbocycles. The molecular weight excluding hydrogens is 449 g/mol. The van der Waals surface area contributed by atoms with Gasteiger partial charge < -0.3 is 19.8 Å². The summed E-state index contributed by atoms with van der Waals surface area (Å²) in [5, 5.41) is 16.7. The molecule has 1 unspecified atom stereocenters. The summed E-state index contributed by atoms with van der Waals surface area (Å²) in [4.78, 5) is 27.3. The number of benzene rings is 1. The van der Waals surface area contributed by atoms with Crippen LogP contribution in [0.4, 0.5) is 13.2 Å². The van der Waals surface area contributed by atoms with Gasteiger partial charge in [-0.15, -0.1) is 11.8 Å². The molecule has 2 fully saturated rings. The fraction of sp³-hybridized carbons (Fsp3) is 0.381. The maximum atomic E-state index is 12.5. The van der Waals surface area contributed by atoms with Gasteiger partial charge in [0, 0.05) is 36.8 Å². The Morgan fingerprint density at radius 2 is 1.97 bits per heavy atom. The number of carboxylic acid groups (broad SMARTS) is 1. The van der Waals surface area contributed by atoms with Crippen LogP contribution in [0.3, 0.4) is 0 Å². The van der Waals surface area contributed by atoms with Crippen molar-refractivity contribution in [3.63, 3.8) is 0 Å². The van der Waals surface area contributed by atoms with E-state index in [1.54, 1.807) is 24.4 Å². The Morgan fingerprint density at radius 1 is 1.25 bits per heavy atom. The van der Waals surface area contributed by atoms with Crippen LogP contribution < -0.4 is 0 Å². The Balaban J connectivity index is 0.000000360. The Bertz CT molecular complexity index is 952. The first-order valence-corrected chi connectivity index (χ1v) is 10.6. The summed E-state index contributed by atoms with van der Waals surface area (Å²) >= 11 is 1.91. The smallest absolute Gasteiger partial charge is 0.490 e.